The SMILES string of the molecule is CC(C)(C)OC(=O)NCC(=S)NCc1cccc2ccccc12. The average molecular weight is 330 g/mol. The van der Waals surface area contributed by atoms with E-state index in [0.29, 0.717) is 11.5 Å². The minimum atomic E-state index is -0.512. The zero-order valence-electron chi connectivity index (χ0n) is 13.7. The summed E-state index contributed by atoms with van der Waals surface area (Å²) in [7, 11) is 0. The van der Waals surface area contributed by atoms with Crippen molar-refractivity contribution in [2.24, 2.45) is 0 Å². The van der Waals surface area contributed by atoms with Crippen LogP contribution in [0.5, 0.6) is 0 Å². The van der Waals surface area contributed by atoms with E-state index >= 15 is 0 Å². The summed E-state index contributed by atoms with van der Waals surface area (Å²) in [6.07, 6.45) is -0.466. The highest BCUT2D eigenvalue weighted by molar-refractivity contribution is 7.80. The fourth-order valence-corrected chi connectivity index (χ4v) is 2.31. The molecule has 5 heteroatoms. The Balaban J connectivity index is 1.86. The monoisotopic (exact) mass is 330 g/mol. The molecule has 0 bridgehead atoms. The molecule has 0 saturated heterocycles. The molecule has 1 amide bonds. The molecule has 2 aromatic carbocycles. The normalized spacial score (nSPS) is 11.1. The Morgan fingerprint density at radius 2 is 1.78 bits per heavy atom. The molecule has 122 valence electrons. The first-order chi connectivity index (χ1) is 10.8. The summed E-state index contributed by atoms with van der Waals surface area (Å²) >= 11 is 5.25. The first-order valence-corrected chi connectivity index (χ1v) is 7.96. The van der Waals surface area contributed by atoms with E-state index in [1.54, 1.807) is 0 Å². The van der Waals surface area contributed by atoms with Gasteiger partial charge in [-0.15, -0.1) is 0 Å². The molecule has 0 saturated carbocycles. The van der Waals surface area contributed by atoms with Crippen molar-refractivity contribution in [3.8, 4) is 0 Å². The summed E-state index contributed by atoms with van der Waals surface area (Å²) in [5.41, 5.74) is 0.657. The zero-order valence-corrected chi connectivity index (χ0v) is 14.5. The van der Waals surface area contributed by atoms with Gasteiger partial charge in [-0.05, 0) is 37.1 Å². The number of rotatable bonds is 4. The second kappa shape index (κ2) is 7.42. The van der Waals surface area contributed by atoms with Crippen molar-refractivity contribution >= 4 is 34.1 Å². The fourth-order valence-electron chi connectivity index (χ4n) is 2.17. The molecular weight excluding hydrogens is 308 g/mol. The van der Waals surface area contributed by atoms with Crippen molar-refractivity contribution in [3.05, 3.63) is 48.0 Å². The Labute approximate surface area is 142 Å². The van der Waals surface area contributed by atoms with Crippen LogP contribution < -0.4 is 10.6 Å². The summed E-state index contributed by atoms with van der Waals surface area (Å²) in [5, 5.41) is 8.22. The number of amides is 1. The maximum Gasteiger partial charge on any atom is 0.408 e. The van der Waals surface area contributed by atoms with Gasteiger partial charge in [-0.2, -0.15) is 0 Å². The molecule has 0 aliphatic carbocycles. The first-order valence-electron chi connectivity index (χ1n) is 7.55. The Morgan fingerprint density at radius 1 is 1.09 bits per heavy atom. The lowest BCUT2D eigenvalue weighted by Gasteiger charge is -2.20. The van der Waals surface area contributed by atoms with Crippen LogP contribution >= 0.6 is 12.2 Å². The molecule has 2 aromatic rings. The van der Waals surface area contributed by atoms with E-state index in [1.807, 2.05) is 39.0 Å². The van der Waals surface area contributed by atoms with Crippen molar-refractivity contribution in [1.29, 1.82) is 0 Å². The van der Waals surface area contributed by atoms with Gasteiger partial charge in [0.25, 0.3) is 0 Å². The number of benzene rings is 2. The minimum Gasteiger partial charge on any atom is -0.444 e. The molecule has 2 rings (SSSR count). The highest BCUT2D eigenvalue weighted by atomic mass is 32.1. The molecule has 0 radical (unpaired) electrons. The van der Waals surface area contributed by atoms with E-state index in [2.05, 4.69) is 34.9 Å². The topological polar surface area (TPSA) is 50.4 Å². The predicted octanol–water partition coefficient (Wildman–Crippen LogP) is 3.78. The first kappa shape index (κ1) is 17.2. The average Bonchev–Trinajstić information content (AvgIpc) is 2.49. The smallest absolute Gasteiger partial charge is 0.408 e. The van der Waals surface area contributed by atoms with Crippen LogP contribution in [0.25, 0.3) is 10.8 Å². The van der Waals surface area contributed by atoms with E-state index in [-0.39, 0.29) is 6.54 Å². The van der Waals surface area contributed by atoms with Gasteiger partial charge in [0.15, 0.2) is 0 Å². The van der Waals surface area contributed by atoms with Gasteiger partial charge in [0.1, 0.15) is 5.60 Å². The lowest BCUT2D eigenvalue weighted by Crippen LogP contribution is -2.38. The molecule has 4 nitrogen and oxygen atoms in total. The Kier molecular flexibility index (Phi) is 5.55. The van der Waals surface area contributed by atoms with Gasteiger partial charge in [0.05, 0.1) is 11.5 Å². The van der Waals surface area contributed by atoms with E-state index in [0.717, 1.165) is 0 Å². The summed E-state index contributed by atoms with van der Waals surface area (Å²) in [6, 6.07) is 14.4. The second-order valence-corrected chi connectivity index (χ2v) is 6.76. The molecule has 2 N–H and O–H groups in total. The van der Waals surface area contributed by atoms with E-state index in [4.69, 9.17) is 17.0 Å². The van der Waals surface area contributed by atoms with Crippen LogP contribution in [-0.4, -0.2) is 23.2 Å². The molecule has 0 fully saturated rings. The summed E-state index contributed by atoms with van der Waals surface area (Å²) in [5.74, 6) is 0. The van der Waals surface area contributed by atoms with Crippen molar-refractivity contribution in [2.45, 2.75) is 32.9 Å². The lowest BCUT2D eigenvalue weighted by atomic mass is 10.0. The molecule has 23 heavy (non-hydrogen) atoms. The minimum absolute atomic E-state index is 0.259. The molecule has 0 heterocycles. The lowest BCUT2D eigenvalue weighted by molar-refractivity contribution is 0.0536. The Hall–Kier alpha value is -2.14. The summed E-state index contributed by atoms with van der Waals surface area (Å²) < 4.78 is 5.17. The zero-order chi connectivity index (χ0) is 16.9. The molecule has 0 aliphatic heterocycles. The van der Waals surface area contributed by atoms with Crippen molar-refractivity contribution < 1.29 is 9.53 Å². The van der Waals surface area contributed by atoms with Gasteiger partial charge >= 0.3 is 6.09 Å². The van der Waals surface area contributed by atoms with Crippen LogP contribution in [0.4, 0.5) is 4.79 Å². The maximum absolute atomic E-state index is 11.6. The van der Waals surface area contributed by atoms with Gasteiger partial charge in [-0.1, -0.05) is 54.7 Å². The predicted molar refractivity (Wildman–Crippen MR) is 97.6 cm³/mol. The quantitative estimate of drug-likeness (QED) is 0.838. The molecule has 0 spiro atoms. The number of fused-ring (bicyclic) bond motifs is 1. The van der Waals surface area contributed by atoms with Crippen molar-refractivity contribution in [1.82, 2.24) is 10.6 Å². The molecule has 0 aromatic heterocycles. The van der Waals surface area contributed by atoms with Crippen molar-refractivity contribution in [3.63, 3.8) is 0 Å². The van der Waals surface area contributed by atoms with Gasteiger partial charge in [0.2, 0.25) is 0 Å². The number of carbonyl (C=O) groups is 1. The van der Waals surface area contributed by atoms with Crippen LogP contribution in [0.3, 0.4) is 0 Å². The van der Waals surface area contributed by atoms with Gasteiger partial charge in [-0.3, -0.25) is 0 Å². The number of nitrogens with one attached hydrogen (secondary N) is 2. The summed E-state index contributed by atoms with van der Waals surface area (Å²) in [4.78, 5) is 12.2. The van der Waals surface area contributed by atoms with E-state index in [1.165, 1.54) is 16.3 Å². The third kappa shape index (κ3) is 5.53. The molecule has 0 unspecified atom stereocenters. The fraction of sp³-hybridized carbons (Fsp3) is 0.333. The number of ether oxygens (including phenoxy) is 1. The largest absolute Gasteiger partial charge is 0.444 e. The van der Waals surface area contributed by atoms with Crippen LogP contribution in [-0.2, 0) is 11.3 Å². The molecule has 0 aliphatic rings. The number of thiocarbonyl (C=S) groups is 1. The maximum atomic E-state index is 11.6. The second-order valence-electron chi connectivity index (χ2n) is 6.27. The highest BCUT2D eigenvalue weighted by Crippen LogP contribution is 2.18. The van der Waals surface area contributed by atoms with Crippen molar-refractivity contribution in [2.75, 3.05) is 6.54 Å². The van der Waals surface area contributed by atoms with Crippen LogP contribution in [0, 0.1) is 0 Å². The number of hydrogen-bond acceptors (Lipinski definition) is 3. The number of carbonyl (C=O) groups excluding carboxylic acids is 1. The molecule has 0 atom stereocenters. The highest BCUT2D eigenvalue weighted by Gasteiger charge is 2.15. The van der Waals surface area contributed by atoms with E-state index < -0.39 is 11.7 Å². The van der Waals surface area contributed by atoms with Gasteiger partial charge in [0, 0.05) is 6.54 Å². The van der Waals surface area contributed by atoms with Crippen LogP contribution in [0.1, 0.15) is 26.3 Å². The van der Waals surface area contributed by atoms with Gasteiger partial charge < -0.3 is 15.4 Å². The third-order valence-electron chi connectivity index (χ3n) is 3.15. The number of alkyl carbamates (subject to hydrolysis) is 1. The Bertz CT molecular complexity index is 702. The molecular formula is C18H22N2O2S. The third-order valence-corrected chi connectivity index (χ3v) is 3.44. The van der Waals surface area contributed by atoms with Crippen LogP contribution in [0.15, 0.2) is 42.5 Å². The van der Waals surface area contributed by atoms with E-state index in [9.17, 15) is 4.79 Å². The standard InChI is InChI=1S/C18H22N2O2S/c1-18(2,3)22-17(21)20-12-16(23)19-11-14-9-6-8-13-7-4-5-10-15(13)14/h4-10H,11-12H2,1-3H3,(H,19,23)(H,20,21). The summed E-state index contributed by atoms with van der Waals surface area (Å²) in [6.45, 7) is 6.35. The number of hydrogen-bond donors (Lipinski definition) is 2. The Morgan fingerprint density at radius 3 is 2.52 bits per heavy atom. The van der Waals surface area contributed by atoms with Crippen LogP contribution in [0.2, 0.25) is 0 Å². The van der Waals surface area contributed by atoms with Gasteiger partial charge in [-0.25, -0.2) is 4.79 Å².